The average Bonchev–Trinajstić information content (AvgIpc) is 2.36. The highest BCUT2D eigenvalue weighted by Crippen LogP contribution is 2.18. The van der Waals surface area contributed by atoms with E-state index in [4.69, 9.17) is 0 Å². The van der Waals surface area contributed by atoms with Crippen LogP contribution in [0.1, 0.15) is 16.1 Å². The highest BCUT2D eigenvalue weighted by Gasteiger charge is 2.20. The predicted molar refractivity (Wildman–Crippen MR) is 61.7 cm³/mol. The third-order valence-electron chi connectivity index (χ3n) is 2.24. The number of halogens is 4. The standard InChI is InChI=1S/C12H5BrF3NO/c13-6-1-4-9(17-5-6)12(18)7-2-3-8(14)11(16)10(7)15/h1-5H. The molecule has 1 aromatic heterocycles. The van der Waals surface area contributed by atoms with Crippen molar-refractivity contribution in [1.29, 1.82) is 0 Å². The van der Waals surface area contributed by atoms with Gasteiger partial charge in [-0.1, -0.05) is 0 Å². The molecule has 92 valence electrons. The summed E-state index contributed by atoms with van der Waals surface area (Å²) in [7, 11) is 0. The Balaban J connectivity index is 2.46. The maximum atomic E-state index is 13.4. The second-order valence-electron chi connectivity index (χ2n) is 3.41. The predicted octanol–water partition coefficient (Wildman–Crippen LogP) is 3.49. The van der Waals surface area contributed by atoms with Crippen molar-refractivity contribution >= 4 is 21.7 Å². The summed E-state index contributed by atoms with van der Waals surface area (Å²) >= 11 is 3.13. The van der Waals surface area contributed by atoms with Crippen LogP contribution in [-0.2, 0) is 0 Å². The third kappa shape index (κ3) is 2.28. The molecule has 1 aromatic carbocycles. The van der Waals surface area contributed by atoms with E-state index < -0.39 is 28.8 Å². The minimum atomic E-state index is -1.67. The number of carbonyl (C=O) groups is 1. The molecule has 0 fully saturated rings. The topological polar surface area (TPSA) is 30.0 Å². The number of carbonyl (C=O) groups excluding carboxylic acids is 1. The van der Waals surface area contributed by atoms with E-state index in [0.717, 1.165) is 6.07 Å². The van der Waals surface area contributed by atoms with Gasteiger partial charge in [-0.05, 0) is 40.2 Å². The Labute approximate surface area is 109 Å². The molecule has 0 saturated carbocycles. The van der Waals surface area contributed by atoms with Crippen LogP contribution in [0.15, 0.2) is 34.9 Å². The van der Waals surface area contributed by atoms with Crippen molar-refractivity contribution in [2.24, 2.45) is 0 Å². The minimum absolute atomic E-state index is 0.0527. The molecule has 0 saturated heterocycles. The number of rotatable bonds is 2. The Morgan fingerprint density at radius 1 is 1.06 bits per heavy atom. The van der Waals surface area contributed by atoms with Crippen molar-refractivity contribution < 1.29 is 18.0 Å². The van der Waals surface area contributed by atoms with Gasteiger partial charge in [-0.25, -0.2) is 13.2 Å². The summed E-state index contributed by atoms with van der Waals surface area (Å²) in [6.45, 7) is 0. The fraction of sp³-hybridized carbons (Fsp3) is 0. The first-order chi connectivity index (χ1) is 8.50. The first kappa shape index (κ1) is 12.8. The van der Waals surface area contributed by atoms with Crippen LogP contribution in [0.25, 0.3) is 0 Å². The second-order valence-corrected chi connectivity index (χ2v) is 4.33. The van der Waals surface area contributed by atoms with Crippen LogP contribution in [-0.4, -0.2) is 10.8 Å². The molecule has 0 N–H and O–H groups in total. The van der Waals surface area contributed by atoms with Gasteiger partial charge in [-0.3, -0.25) is 9.78 Å². The molecule has 0 amide bonds. The maximum absolute atomic E-state index is 13.4. The molecule has 0 aliphatic carbocycles. The van der Waals surface area contributed by atoms with Gasteiger partial charge >= 0.3 is 0 Å². The van der Waals surface area contributed by atoms with Gasteiger partial charge in [0.15, 0.2) is 17.5 Å². The maximum Gasteiger partial charge on any atom is 0.214 e. The summed E-state index contributed by atoms with van der Waals surface area (Å²) in [5.41, 5.74) is -0.605. The molecule has 0 spiro atoms. The van der Waals surface area contributed by atoms with Crippen molar-refractivity contribution in [2.75, 3.05) is 0 Å². The summed E-state index contributed by atoms with van der Waals surface area (Å²) in [5.74, 6) is -5.32. The smallest absolute Gasteiger partial charge is 0.214 e. The summed E-state index contributed by atoms with van der Waals surface area (Å²) in [4.78, 5) is 15.6. The van der Waals surface area contributed by atoms with Crippen LogP contribution in [0.3, 0.4) is 0 Å². The van der Waals surface area contributed by atoms with E-state index in [-0.39, 0.29) is 5.69 Å². The molecule has 2 aromatic rings. The van der Waals surface area contributed by atoms with Crippen LogP contribution in [0.2, 0.25) is 0 Å². The quantitative estimate of drug-likeness (QED) is 0.627. The van der Waals surface area contributed by atoms with Crippen LogP contribution >= 0.6 is 15.9 Å². The van der Waals surface area contributed by atoms with Crippen molar-refractivity contribution in [3.63, 3.8) is 0 Å². The molecule has 0 atom stereocenters. The fourth-order valence-electron chi connectivity index (χ4n) is 1.35. The van der Waals surface area contributed by atoms with E-state index in [2.05, 4.69) is 20.9 Å². The molecule has 0 unspecified atom stereocenters. The lowest BCUT2D eigenvalue weighted by atomic mass is 10.1. The van der Waals surface area contributed by atoms with Gasteiger partial charge < -0.3 is 0 Å². The second kappa shape index (κ2) is 4.89. The molecular formula is C12H5BrF3NO. The molecule has 1 heterocycles. The van der Waals surface area contributed by atoms with E-state index in [1.165, 1.54) is 18.3 Å². The molecule has 6 heteroatoms. The van der Waals surface area contributed by atoms with E-state index >= 15 is 0 Å². The Hall–Kier alpha value is -1.69. The number of ketones is 1. The number of benzene rings is 1. The van der Waals surface area contributed by atoms with Crippen LogP contribution in [0.5, 0.6) is 0 Å². The highest BCUT2D eigenvalue weighted by molar-refractivity contribution is 9.10. The molecule has 0 bridgehead atoms. The fourth-order valence-corrected chi connectivity index (χ4v) is 1.58. The Bertz CT molecular complexity index is 613. The van der Waals surface area contributed by atoms with Gasteiger partial charge in [0.1, 0.15) is 5.69 Å². The summed E-state index contributed by atoms with van der Waals surface area (Å²) in [6.07, 6.45) is 1.35. The molecule has 0 aliphatic heterocycles. The van der Waals surface area contributed by atoms with Crippen LogP contribution in [0.4, 0.5) is 13.2 Å². The molecule has 2 nitrogen and oxygen atoms in total. The monoisotopic (exact) mass is 315 g/mol. The molecule has 2 rings (SSSR count). The minimum Gasteiger partial charge on any atom is -0.287 e. The van der Waals surface area contributed by atoms with E-state index in [0.29, 0.717) is 10.5 Å². The summed E-state index contributed by atoms with van der Waals surface area (Å²) < 4.78 is 39.8. The lowest BCUT2D eigenvalue weighted by Crippen LogP contribution is -2.08. The van der Waals surface area contributed by atoms with Crippen LogP contribution < -0.4 is 0 Å². The first-order valence-electron chi connectivity index (χ1n) is 4.80. The van der Waals surface area contributed by atoms with Crippen LogP contribution in [0, 0.1) is 17.5 Å². The molecule has 0 aliphatic rings. The van der Waals surface area contributed by atoms with E-state index in [9.17, 15) is 18.0 Å². The lowest BCUT2D eigenvalue weighted by Gasteiger charge is -2.03. The highest BCUT2D eigenvalue weighted by atomic mass is 79.9. The Kier molecular flexibility index (Phi) is 3.47. The lowest BCUT2D eigenvalue weighted by molar-refractivity contribution is 0.102. The molecule has 18 heavy (non-hydrogen) atoms. The van der Waals surface area contributed by atoms with Gasteiger partial charge in [0.05, 0.1) is 5.56 Å². The number of aromatic nitrogens is 1. The first-order valence-corrected chi connectivity index (χ1v) is 5.59. The zero-order chi connectivity index (χ0) is 13.3. The Morgan fingerprint density at radius 3 is 2.39 bits per heavy atom. The van der Waals surface area contributed by atoms with Crippen molar-refractivity contribution in [3.05, 3.63) is 63.6 Å². The van der Waals surface area contributed by atoms with Crippen molar-refractivity contribution in [2.45, 2.75) is 0 Å². The van der Waals surface area contributed by atoms with Crippen molar-refractivity contribution in [3.8, 4) is 0 Å². The van der Waals surface area contributed by atoms with E-state index in [1.54, 1.807) is 0 Å². The third-order valence-corrected chi connectivity index (χ3v) is 2.71. The van der Waals surface area contributed by atoms with Gasteiger partial charge in [-0.15, -0.1) is 0 Å². The SMILES string of the molecule is O=C(c1ccc(Br)cn1)c1ccc(F)c(F)c1F. The van der Waals surface area contributed by atoms with Gasteiger partial charge in [0.2, 0.25) is 5.78 Å². The normalized spacial score (nSPS) is 10.4. The zero-order valence-electron chi connectivity index (χ0n) is 8.75. The van der Waals surface area contributed by atoms with Crippen molar-refractivity contribution in [1.82, 2.24) is 4.98 Å². The zero-order valence-corrected chi connectivity index (χ0v) is 10.3. The largest absolute Gasteiger partial charge is 0.287 e. The van der Waals surface area contributed by atoms with Gasteiger partial charge in [-0.2, -0.15) is 0 Å². The molecule has 0 radical (unpaired) electrons. The van der Waals surface area contributed by atoms with E-state index in [1.807, 2.05) is 0 Å². The number of pyridine rings is 1. The number of nitrogens with zero attached hydrogens (tertiary/aromatic N) is 1. The summed E-state index contributed by atoms with van der Waals surface area (Å²) in [5, 5.41) is 0. The Morgan fingerprint density at radius 2 is 1.78 bits per heavy atom. The number of hydrogen-bond donors (Lipinski definition) is 0. The average molecular weight is 316 g/mol. The molecular weight excluding hydrogens is 311 g/mol. The van der Waals surface area contributed by atoms with Gasteiger partial charge in [0, 0.05) is 10.7 Å². The summed E-state index contributed by atoms with van der Waals surface area (Å²) in [6, 6.07) is 4.48. The number of hydrogen-bond acceptors (Lipinski definition) is 2. The van der Waals surface area contributed by atoms with Gasteiger partial charge in [0.25, 0.3) is 0 Å².